The first-order valence-corrected chi connectivity index (χ1v) is 13.0. The maximum absolute atomic E-state index is 13.6. The maximum Gasteiger partial charge on any atom is 0.433 e. The molecular formula is C24H20Cl2F3N5O2S. The third-order valence-corrected chi connectivity index (χ3v) is 7.45. The van der Waals surface area contributed by atoms with Crippen LogP contribution in [-0.2, 0) is 16.2 Å². The van der Waals surface area contributed by atoms with Crippen molar-refractivity contribution in [3.63, 3.8) is 0 Å². The van der Waals surface area contributed by atoms with Crippen molar-refractivity contribution >= 4 is 33.2 Å². The lowest BCUT2D eigenvalue weighted by Gasteiger charge is -2.20. The van der Waals surface area contributed by atoms with Gasteiger partial charge in [-0.05, 0) is 51.1 Å². The molecule has 2 heterocycles. The number of nitrogens with zero attached hydrogens (tertiary/aromatic N) is 4. The lowest BCUT2D eigenvalue weighted by atomic mass is 10.1. The van der Waals surface area contributed by atoms with Crippen LogP contribution in [0.1, 0.15) is 26.5 Å². The zero-order chi connectivity index (χ0) is 27.2. The van der Waals surface area contributed by atoms with E-state index in [9.17, 15) is 21.6 Å². The number of benzene rings is 2. The molecule has 1 N–H and O–H groups in total. The Morgan fingerprint density at radius 1 is 0.865 bits per heavy atom. The van der Waals surface area contributed by atoms with Crippen LogP contribution in [0.3, 0.4) is 0 Å². The van der Waals surface area contributed by atoms with Crippen LogP contribution in [-0.4, -0.2) is 33.5 Å². The molecule has 4 rings (SSSR count). The quantitative estimate of drug-likeness (QED) is 0.300. The normalized spacial score (nSPS) is 12.6. The van der Waals surface area contributed by atoms with Crippen molar-refractivity contribution < 1.29 is 21.6 Å². The van der Waals surface area contributed by atoms with Crippen molar-refractivity contribution in [1.29, 1.82) is 0 Å². The van der Waals surface area contributed by atoms with E-state index in [1.807, 2.05) is 0 Å². The molecule has 2 aromatic heterocycles. The highest BCUT2D eigenvalue weighted by Gasteiger charge is 2.34. The van der Waals surface area contributed by atoms with Gasteiger partial charge in [-0.3, -0.25) is 4.57 Å². The Bertz CT molecular complexity index is 1560. The van der Waals surface area contributed by atoms with E-state index in [0.29, 0.717) is 16.8 Å². The Hall–Kier alpha value is -2.99. The summed E-state index contributed by atoms with van der Waals surface area (Å²) in [4.78, 5) is 12.2. The highest BCUT2D eigenvalue weighted by atomic mass is 35.5. The van der Waals surface area contributed by atoms with Crippen LogP contribution >= 0.6 is 23.2 Å². The molecule has 4 aromatic rings. The van der Waals surface area contributed by atoms with Gasteiger partial charge in [0.15, 0.2) is 5.69 Å². The average molecular weight is 570 g/mol. The maximum atomic E-state index is 13.6. The molecule has 0 spiro atoms. The molecule has 0 saturated carbocycles. The molecule has 0 aliphatic rings. The molecule has 7 nitrogen and oxygen atoms in total. The summed E-state index contributed by atoms with van der Waals surface area (Å²) < 4.78 is 69.7. The predicted molar refractivity (Wildman–Crippen MR) is 135 cm³/mol. The van der Waals surface area contributed by atoms with Gasteiger partial charge >= 0.3 is 6.18 Å². The van der Waals surface area contributed by atoms with Crippen LogP contribution in [0.4, 0.5) is 13.2 Å². The number of hydrogen-bond donors (Lipinski definition) is 1. The van der Waals surface area contributed by atoms with Crippen molar-refractivity contribution in [2.45, 2.75) is 37.4 Å². The molecule has 0 amide bonds. The molecule has 0 atom stereocenters. The van der Waals surface area contributed by atoms with Gasteiger partial charge in [-0.2, -0.15) is 13.2 Å². The summed E-state index contributed by atoms with van der Waals surface area (Å²) in [5.74, 6) is -0.261. The van der Waals surface area contributed by atoms with E-state index in [-0.39, 0.29) is 26.6 Å². The van der Waals surface area contributed by atoms with Gasteiger partial charge in [0.25, 0.3) is 0 Å². The second-order valence-corrected chi connectivity index (χ2v) is 11.6. The molecule has 0 radical (unpaired) electrons. The number of hydrogen-bond acceptors (Lipinski definition) is 5. The number of rotatable bonds is 5. The molecule has 0 bridgehead atoms. The summed E-state index contributed by atoms with van der Waals surface area (Å²) in [6, 6.07) is 11.2. The fraction of sp³-hybridized carbons (Fsp3) is 0.208. The molecule has 194 valence electrons. The fourth-order valence-electron chi connectivity index (χ4n) is 3.35. The SMILES string of the molecule is CC(C)(C)NS(=O)(=O)c1ccc(-c2cn(-c3nc(-c4ccc(Cl)c(Cl)c4)cc(C(F)(F)F)n3)cn2)cc1. The Labute approximate surface area is 221 Å². The molecule has 0 saturated heterocycles. The lowest BCUT2D eigenvalue weighted by molar-refractivity contribution is -0.141. The zero-order valence-electron chi connectivity index (χ0n) is 19.7. The van der Waals surface area contributed by atoms with E-state index >= 15 is 0 Å². The minimum Gasteiger partial charge on any atom is -0.274 e. The van der Waals surface area contributed by atoms with E-state index in [4.69, 9.17) is 23.2 Å². The fourth-order valence-corrected chi connectivity index (χ4v) is 5.06. The minimum absolute atomic E-state index is 0.00736. The minimum atomic E-state index is -4.73. The largest absolute Gasteiger partial charge is 0.433 e. The summed E-state index contributed by atoms with van der Waals surface area (Å²) in [5.41, 5.74) is -0.557. The Morgan fingerprint density at radius 2 is 1.51 bits per heavy atom. The summed E-state index contributed by atoms with van der Waals surface area (Å²) in [5, 5.41) is 0.420. The smallest absolute Gasteiger partial charge is 0.274 e. The number of alkyl halides is 3. The number of nitrogens with one attached hydrogen (secondary N) is 1. The molecule has 0 aliphatic heterocycles. The summed E-state index contributed by atoms with van der Waals surface area (Å²) in [7, 11) is -3.73. The third kappa shape index (κ3) is 6.30. The Kier molecular flexibility index (Phi) is 7.10. The van der Waals surface area contributed by atoms with E-state index in [1.54, 1.807) is 32.9 Å². The van der Waals surface area contributed by atoms with Gasteiger partial charge in [0.1, 0.15) is 6.33 Å². The second kappa shape index (κ2) is 9.71. The molecular weight excluding hydrogens is 550 g/mol. The van der Waals surface area contributed by atoms with Crippen molar-refractivity contribution in [1.82, 2.24) is 24.2 Å². The van der Waals surface area contributed by atoms with Crippen LogP contribution in [0.25, 0.3) is 28.5 Å². The van der Waals surface area contributed by atoms with Crippen LogP contribution in [0.2, 0.25) is 10.0 Å². The van der Waals surface area contributed by atoms with Crippen molar-refractivity contribution in [3.8, 4) is 28.5 Å². The van der Waals surface area contributed by atoms with Crippen LogP contribution in [0.15, 0.2) is 66.0 Å². The first-order chi connectivity index (χ1) is 17.1. The predicted octanol–water partition coefficient (Wildman–Crippen LogP) is 6.40. The first-order valence-electron chi connectivity index (χ1n) is 10.7. The van der Waals surface area contributed by atoms with Crippen molar-refractivity contribution in [2.75, 3.05) is 0 Å². The van der Waals surface area contributed by atoms with Crippen LogP contribution in [0, 0.1) is 0 Å². The number of aromatic nitrogens is 4. The monoisotopic (exact) mass is 569 g/mol. The highest BCUT2D eigenvalue weighted by Crippen LogP contribution is 2.33. The molecule has 0 fully saturated rings. The second-order valence-electron chi connectivity index (χ2n) is 9.11. The van der Waals surface area contributed by atoms with Gasteiger partial charge < -0.3 is 0 Å². The molecule has 0 unspecified atom stereocenters. The highest BCUT2D eigenvalue weighted by molar-refractivity contribution is 7.89. The summed E-state index contributed by atoms with van der Waals surface area (Å²) in [6.07, 6.45) is -2.01. The number of sulfonamides is 1. The Balaban J connectivity index is 1.70. The summed E-state index contributed by atoms with van der Waals surface area (Å²) >= 11 is 12.0. The molecule has 0 aliphatic carbocycles. The van der Waals surface area contributed by atoms with Gasteiger partial charge in [0.05, 0.1) is 26.3 Å². The van der Waals surface area contributed by atoms with E-state index < -0.39 is 27.4 Å². The summed E-state index contributed by atoms with van der Waals surface area (Å²) in [6.45, 7) is 5.19. The van der Waals surface area contributed by atoms with E-state index in [0.717, 1.165) is 6.07 Å². The number of imidazole rings is 1. The average Bonchev–Trinajstić information content (AvgIpc) is 3.29. The zero-order valence-corrected chi connectivity index (χ0v) is 22.0. The molecule has 2 aromatic carbocycles. The topological polar surface area (TPSA) is 89.8 Å². The van der Waals surface area contributed by atoms with Gasteiger partial charge in [-0.25, -0.2) is 28.1 Å². The van der Waals surface area contributed by atoms with Crippen molar-refractivity contribution in [3.05, 3.63) is 76.8 Å². The van der Waals surface area contributed by atoms with Crippen LogP contribution in [0.5, 0.6) is 0 Å². The van der Waals surface area contributed by atoms with E-state index in [2.05, 4.69) is 19.7 Å². The molecule has 37 heavy (non-hydrogen) atoms. The van der Waals surface area contributed by atoms with Gasteiger partial charge in [0, 0.05) is 22.9 Å². The van der Waals surface area contributed by atoms with Gasteiger partial charge in [-0.15, -0.1) is 0 Å². The molecule has 13 heteroatoms. The van der Waals surface area contributed by atoms with Crippen LogP contribution < -0.4 is 4.72 Å². The first kappa shape index (κ1) is 27.1. The standard InChI is InChI=1S/C24H20Cl2F3N5O2S/c1-23(2,3)33-37(35,36)16-7-4-14(5-8-16)20-12-34(13-30-20)22-31-19(11-21(32-22)24(27,28)29)15-6-9-17(25)18(26)10-15/h4-13,33H,1-3H3. The number of halogens is 5. The van der Waals surface area contributed by atoms with Crippen molar-refractivity contribution in [2.24, 2.45) is 0 Å². The van der Waals surface area contributed by atoms with Gasteiger partial charge in [-0.1, -0.05) is 41.4 Å². The third-order valence-electron chi connectivity index (χ3n) is 4.93. The van der Waals surface area contributed by atoms with Gasteiger partial charge in [0.2, 0.25) is 16.0 Å². The lowest BCUT2D eigenvalue weighted by Crippen LogP contribution is -2.40. The Morgan fingerprint density at radius 3 is 2.11 bits per heavy atom. The van der Waals surface area contributed by atoms with E-state index in [1.165, 1.54) is 47.4 Å².